The molecule has 0 atom stereocenters. The van der Waals surface area contributed by atoms with E-state index in [9.17, 15) is 0 Å². The zero-order valence-corrected chi connectivity index (χ0v) is 14.7. The molecule has 0 unspecified atom stereocenters. The van der Waals surface area contributed by atoms with E-state index in [4.69, 9.17) is 4.98 Å². The van der Waals surface area contributed by atoms with E-state index in [1.165, 1.54) is 11.1 Å². The molecule has 0 radical (unpaired) electrons. The topological polar surface area (TPSA) is 84.3 Å². The smallest absolute Gasteiger partial charge is 0.254 e. The molecule has 0 bridgehead atoms. The number of benzene rings is 1. The molecule has 3 heterocycles. The molecule has 0 spiro atoms. The summed E-state index contributed by atoms with van der Waals surface area (Å²) < 4.78 is 1.76. The first kappa shape index (κ1) is 15.1. The zero-order valence-electron chi connectivity index (χ0n) is 14.7. The normalized spacial score (nSPS) is 14.1. The molecule has 0 fully saturated rings. The summed E-state index contributed by atoms with van der Waals surface area (Å²) in [6, 6.07) is 10.9. The number of hydrogen-bond acceptors (Lipinski definition) is 5. The third-order valence-corrected chi connectivity index (χ3v) is 4.86. The number of fused-ring (bicyclic) bond motifs is 2. The van der Waals surface area contributed by atoms with Crippen molar-refractivity contribution in [1.82, 2.24) is 29.7 Å². The number of anilines is 1. The van der Waals surface area contributed by atoms with Crippen LogP contribution in [0.2, 0.25) is 0 Å². The van der Waals surface area contributed by atoms with Crippen molar-refractivity contribution < 1.29 is 0 Å². The van der Waals surface area contributed by atoms with Gasteiger partial charge in [-0.25, -0.2) is 9.67 Å². The second kappa shape index (κ2) is 5.66. The highest BCUT2D eigenvalue weighted by Crippen LogP contribution is 2.26. The van der Waals surface area contributed by atoms with Crippen LogP contribution in [0.4, 0.5) is 5.82 Å². The molecule has 0 saturated heterocycles. The lowest BCUT2D eigenvalue weighted by Gasteiger charge is -2.14. The van der Waals surface area contributed by atoms with Gasteiger partial charge in [-0.05, 0) is 43.9 Å². The standard InChI is InChI=1S/C19H19N7/c1-11-7-12(2)26(25-11)19-23-17-16(20-10-21-17)18(24-19)22-15-8-13-5-3-4-6-14(13)9-15/h3-7,10,15H,8-9H2,1-2H3,(H2,20,21,22,23,24). The van der Waals surface area contributed by atoms with Crippen LogP contribution in [0, 0.1) is 13.8 Å². The molecule has 0 amide bonds. The lowest BCUT2D eigenvalue weighted by Crippen LogP contribution is -2.21. The van der Waals surface area contributed by atoms with E-state index in [1.807, 2.05) is 19.9 Å². The third-order valence-electron chi connectivity index (χ3n) is 4.86. The van der Waals surface area contributed by atoms with Crippen LogP contribution in [0.3, 0.4) is 0 Å². The van der Waals surface area contributed by atoms with Crippen molar-refractivity contribution in [3.05, 3.63) is 59.2 Å². The largest absolute Gasteiger partial charge is 0.365 e. The van der Waals surface area contributed by atoms with Gasteiger partial charge in [-0.2, -0.15) is 15.1 Å². The molecule has 7 nitrogen and oxygen atoms in total. The summed E-state index contributed by atoms with van der Waals surface area (Å²) in [7, 11) is 0. The van der Waals surface area contributed by atoms with Crippen molar-refractivity contribution in [2.24, 2.45) is 0 Å². The van der Waals surface area contributed by atoms with Gasteiger partial charge in [0.25, 0.3) is 5.95 Å². The summed E-state index contributed by atoms with van der Waals surface area (Å²) in [5.41, 5.74) is 6.20. The van der Waals surface area contributed by atoms with Crippen molar-refractivity contribution in [2.45, 2.75) is 32.7 Å². The average Bonchev–Trinajstić information content (AvgIpc) is 3.32. The molecule has 2 N–H and O–H groups in total. The highest BCUT2D eigenvalue weighted by molar-refractivity contribution is 5.83. The Morgan fingerprint density at radius 1 is 1.12 bits per heavy atom. The van der Waals surface area contributed by atoms with Crippen molar-refractivity contribution >= 4 is 17.0 Å². The van der Waals surface area contributed by atoms with E-state index in [2.05, 4.69) is 49.6 Å². The van der Waals surface area contributed by atoms with Crippen LogP contribution in [0.1, 0.15) is 22.5 Å². The maximum absolute atomic E-state index is 4.75. The summed E-state index contributed by atoms with van der Waals surface area (Å²) in [6.45, 7) is 3.96. The number of nitrogens with zero attached hydrogens (tertiary/aromatic N) is 5. The minimum atomic E-state index is 0.308. The minimum Gasteiger partial charge on any atom is -0.365 e. The molecule has 3 aromatic heterocycles. The van der Waals surface area contributed by atoms with E-state index in [-0.39, 0.29) is 0 Å². The van der Waals surface area contributed by atoms with E-state index in [0.29, 0.717) is 17.6 Å². The van der Waals surface area contributed by atoms with Crippen LogP contribution in [-0.2, 0) is 12.8 Å². The van der Waals surface area contributed by atoms with Crippen molar-refractivity contribution in [2.75, 3.05) is 5.32 Å². The quantitative estimate of drug-likeness (QED) is 0.596. The molecule has 26 heavy (non-hydrogen) atoms. The molecule has 4 aromatic rings. The van der Waals surface area contributed by atoms with Crippen LogP contribution >= 0.6 is 0 Å². The monoisotopic (exact) mass is 345 g/mol. The van der Waals surface area contributed by atoms with E-state index in [1.54, 1.807) is 11.0 Å². The Morgan fingerprint density at radius 3 is 2.58 bits per heavy atom. The van der Waals surface area contributed by atoms with Gasteiger partial charge in [0.1, 0.15) is 5.52 Å². The minimum absolute atomic E-state index is 0.308. The van der Waals surface area contributed by atoms with E-state index < -0.39 is 0 Å². The number of H-pyrrole nitrogens is 1. The number of aromatic nitrogens is 6. The Kier molecular flexibility index (Phi) is 3.28. The summed E-state index contributed by atoms with van der Waals surface area (Å²) in [6.07, 6.45) is 3.63. The van der Waals surface area contributed by atoms with Crippen LogP contribution < -0.4 is 5.32 Å². The lowest BCUT2D eigenvalue weighted by molar-refractivity contribution is 0.754. The summed E-state index contributed by atoms with van der Waals surface area (Å²) >= 11 is 0. The van der Waals surface area contributed by atoms with Gasteiger partial charge >= 0.3 is 0 Å². The molecule has 0 aliphatic heterocycles. The van der Waals surface area contributed by atoms with Crippen LogP contribution in [0.5, 0.6) is 0 Å². The first-order valence-corrected chi connectivity index (χ1v) is 8.75. The Balaban J connectivity index is 1.53. The fraction of sp³-hybridized carbons (Fsp3) is 0.263. The molecule has 7 heteroatoms. The van der Waals surface area contributed by atoms with Gasteiger partial charge in [0.05, 0.1) is 12.0 Å². The Hall–Kier alpha value is -3.22. The van der Waals surface area contributed by atoms with Crippen molar-refractivity contribution in [3.8, 4) is 5.95 Å². The number of hydrogen-bond donors (Lipinski definition) is 2. The first-order valence-electron chi connectivity index (χ1n) is 8.75. The van der Waals surface area contributed by atoms with E-state index in [0.717, 1.165) is 35.6 Å². The second-order valence-corrected chi connectivity index (χ2v) is 6.83. The number of nitrogens with one attached hydrogen (secondary N) is 2. The number of aryl methyl sites for hydroxylation is 2. The predicted molar refractivity (Wildman–Crippen MR) is 99.5 cm³/mol. The van der Waals surface area contributed by atoms with Crippen LogP contribution in [0.25, 0.3) is 17.1 Å². The highest BCUT2D eigenvalue weighted by atomic mass is 15.4. The predicted octanol–water partition coefficient (Wildman–Crippen LogP) is 2.73. The van der Waals surface area contributed by atoms with E-state index >= 15 is 0 Å². The van der Waals surface area contributed by atoms with Gasteiger partial charge in [0.2, 0.25) is 0 Å². The van der Waals surface area contributed by atoms with Crippen LogP contribution in [0.15, 0.2) is 36.7 Å². The van der Waals surface area contributed by atoms with Crippen LogP contribution in [-0.4, -0.2) is 35.8 Å². The highest BCUT2D eigenvalue weighted by Gasteiger charge is 2.23. The fourth-order valence-electron chi connectivity index (χ4n) is 3.71. The molecular formula is C19H19N7. The number of imidazole rings is 1. The van der Waals surface area contributed by atoms with Crippen molar-refractivity contribution in [1.29, 1.82) is 0 Å². The summed E-state index contributed by atoms with van der Waals surface area (Å²) in [5.74, 6) is 1.31. The zero-order chi connectivity index (χ0) is 17.7. The SMILES string of the molecule is Cc1cc(C)n(-c2nc(NC3Cc4ccccc4C3)c3[nH]cnc3n2)n1. The number of rotatable bonds is 3. The summed E-state index contributed by atoms with van der Waals surface area (Å²) in [4.78, 5) is 16.8. The molecule has 5 rings (SSSR count). The van der Waals surface area contributed by atoms with Gasteiger partial charge in [0, 0.05) is 11.7 Å². The maximum atomic E-state index is 4.75. The molecule has 1 aromatic carbocycles. The second-order valence-electron chi connectivity index (χ2n) is 6.83. The van der Waals surface area contributed by atoms with Gasteiger partial charge in [-0.3, -0.25) is 0 Å². The molecular weight excluding hydrogens is 326 g/mol. The fourth-order valence-corrected chi connectivity index (χ4v) is 3.71. The maximum Gasteiger partial charge on any atom is 0.254 e. The Morgan fingerprint density at radius 2 is 1.88 bits per heavy atom. The third kappa shape index (κ3) is 2.44. The molecule has 1 aliphatic carbocycles. The molecule has 130 valence electrons. The van der Waals surface area contributed by atoms with Crippen molar-refractivity contribution in [3.63, 3.8) is 0 Å². The Bertz CT molecular complexity index is 1080. The number of aromatic amines is 1. The van der Waals surface area contributed by atoms with Gasteiger partial charge in [-0.15, -0.1) is 0 Å². The van der Waals surface area contributed by atoms with Gasteiger partial charge < -0.3 is 10.3 Å². The Labute approximate surface area is 150 Å². The summed E-state index contributed by atoms with van der Waals surface area (Å²) in [5, 5.41) is 8.09. The van der Waals surface area contributed by atoms with Gasteiger partial charge in [-0.1, -0.05) is 24.3 Å². The first-order chi connectivity index (χ1) is 12.7. The lowest BCUT2D eigenvalue weighted by atomic mass is 10.1. The van der Waals surface area contributed by atoms with Gasteiger partial charge in [0.15, 0.2) is 11.5 Å². The average molecular weight is 345 g/mol. The molecule has 1 aliphatic rings. The molecule has 0 saturated carbocycles.